The van der Waals surface area contributed by atoms with Crippen LogP contribution < -0.4 is 5.73 Å². The van der Waals surface area contributed by atoms with E-state index in [0.717, 1.165) is 11.5 Å². The molecule has 0 aliphatic heterocycles. The van der Waals surface area contributed by atoms with Crippen molar-refractivity contribution in [3.63, 3.8) is 0 Å². The van der Waals surface area contributed by atoms with Crippen molar-refractivity contribution in [3.8, 4) is 0 Å². The average molecular weight is 224 g/mol. The van der Waals surface area contributed by atoms with Crippen LogP contribution in [0.2, 0.25) is 0 Å². The Morgan fingerprint density at radius 3 is 2.25 bits per heavy atom. The van der Waals surface area contributed by atoms with Crippen molar-refractivity contribution in [3.05, 3.63) is 23.7 Å². The molecule has 2 unspecified atom stereocenters. The molecule has 0 amide bonds. The summed E-state index contributed by atoms with van der Waals surface area (Å²) in [7, 11) is 4.15. The van der Waals surface area contributed by atoms with E-state index in [1.165, 1.54) is 0 Å². The molecule has 0 saturated carbocycles. The molecule has 3 nitrogen and oxygen atoms in total. The molecule has 0 saturated heterocycles. The molecule has 0 aromatic carbocycles. The van der Waals surface area contributed by atoms with Gasteiger partial charge in [-0.15, -0.1) is 0 Å². The maximum absolute atomic E-state index is 5.89. The van der Waals surface area contributed by atoms with Crippen LogP contribution in [0.3, 0.4) is 0 Å². The first-order chi connectivity index (χ1) is 7.47. The Morgan fingerprint density at radius 2 is 1.94 bits per heavy atom. The molecule has 2 atom stereocenters. The van der Waals surface area contributed by atoms with Gasteiger partial charge in [0.2, 0.25) is 0 Å². The zero-order chi connectivity index (χ0) is 12.3. The number of furan rings is 1. The van der Waals surface area contributed by atoms with Crippen LogP contribution in [0.25, 0.3) is 0 Å². The number of aryl methyl sites for hydroxylation is 1. The quantitative estimate of drug-likeness (QED) is 0.835. The van der Waals surface area contributed by atoms with Gasteiger partial charge in [-0.1, -0.05) is 13.8 Å². The van der Waals surface area contributed by atoms with Gasteiger partial charge in [0.1, 0.15) is 11.5 Å². The smallest absolute Gasteiger partial charge is 0.121 e. The molecule has 3 heteroatoms. The van der Waals surface area contributed by atoms with Crippen molar-refractivity contribution in [1.82, 2.24) is 4.90 Å². The molecule has 92 valence electrons. The number of nitrogens with zero attached hydrogens (tertiary/aromatic N) is 1. The molecular formula is C13H24N2O. The Morgan fingerprint density at radius 1 is 1.31 bits per heavy atom. The fourth-order valence-corrected chi connectivity index (χ4v) is 2.23. The van der Waals surface area contributed by atoms with Crippen LogP contribution in [0.5, 0.6) is 0 Å². The maximum atomic E-state index is 5.89. The fraction of sp³-hybridized carbons (Fsp3) is 0.692. The van der Waals surface area contributed by atoms with Crippen LogP contribution in [0, 0.1) is 18.8 Å². The van der Waals surface area contributed by atoms with E-state index in [0.29, 0.717) is 18.4 Å². The lowest BCUT2D eigenvalue weighted by molar-refractivity contribution is 0.150. The standard InChI is InChI=1S/C13H24N2O/c1-9(2)11(8-14)13(15(4)5)12-7-6-10(3)16-12/h6-7,9,11,13H,8,14H2,1-5H3. The lowest BCUT2D eigenvalue weighted by atomic mass is 9.86. The molecule has 0 aliphatic rings. The average Bonchev–Trinajstić information content (AvgIpc) is 2.59. The SMILES string of the molecule is Cc1ccc(C(C(CN)C(C)C)N(C)C)o1. The monoisotopic (exact) mass is 224 g/mol. The van der Waals surface area contributed by atoms with Crippen molar-refractivity contribution in [2.45, 2.75) is 26.8 Å². The van der Waals surface area contributed by atoms with Gasteiger partial charge in [0.25, 0.3) is 0 Å². The Balaban J connectivity index is 2.98. The molecule has 1 aromatic heterocycles. The van der Waals surface area contributed by atoms with Crippen LogP contribution in [-0.4, -0.2) is 25.5 Å². The molecule has 0 bridgehead atoms. The van der Waals surface area contributed by atoms with Crippen molar-refractivity contribution in [1.29, 1.82) is 0 Å². The summed E-state index contributed by atoms with van der Waals surface area (Å²) >= 11 is 0. The van der Waals surface area contributed by atoms with Crippen LogP contribution in [0.1, 0.15) is 31.4 Å². The van der Waals surface area contributed by atoms with E-state index in [1.54, 1.807) is 0 Å². The summed E-state index contributed by atoms with van der Waals surface area (Å²) in [5.41, 5.74) is 5.89. The minimum absolute atomic E-state index is 0.263. The largest absolute Gasteiger partial charge is 0.465 e. The van der Waals surface area contributed by atoms with E-state index in [2.05, 4.69) is 38.9 Å². The summed E-state index contributed by atoms with van der Waals surface area (Å²) in [5, 5.41) is 0. The van der Waals surface area contributed by atoms with Crippen LogP contribution in [0.4, 0.5) is 0 Å². The van der Waals surface area contributed by atoms with Crippen molar-refractivity contribution < 1.29 is 4.42 Å². The second-order valence-electron chi connectivity index (χ2n) is 5.00. The summed E-state index contributed by atoms with van der Waals surface area (Å²) in [5.74, 6) is 2.94. The second-order valence-corrected chi connectivity index (χ2v) is 5.00. The van der Waals surface area contributed by atoms with E-state index in [-0.39, 0.29) is 6.04 Å². The van der Waals surface area contributed by atoms with E-state index < -0.39 is 0 Å². The fourth-order valence-electron chi connectivity index (χ4n) is 2.23. The van der Waals surface area contributed by atoms with E-state index >= 15 is 0 Å². The highest BCUT2D eigenvalue weighted by Gasteiger charge is 2.28. The number of hydrogen-bond donors (Lipinski definition) is 1. The maximum Gasteiger partial charge on any atom is 0.121 e. The molecule has 1 heterocycles. The summed E-state index contributed by atoms with van der Waals surface area (Å²) in [6.45, 7) is 7.08. The Bertz CT molecular complexity index is 317. The molecule has 1 aromatic rings. The topological polar surface area (TPSA) is 42.4 Å². The second kappa shape index (κ2) is 5.51. The molecule has 0 fully saturated rings. The van der Waals surface area contributed by atoms with Crippen LogP contribution in [0.15, 0.2) is 16.5 Å². The summed E-state index contributed by atoms with van der Waals surface area (Å²) < 4.78 is 5.74. The lowest BCUT2D eigenvalue weighted by Crippen LogP contribution is -2.34. The van der Waals surface area contributed by atoms with Gasteiger partial charge in [0, 0.05) is 0 Å². The third kappa shape index (κ3) is 2.86. The highest BCUT2D eigenvalue weighted by Crippen LogP contribution is 2.32. The third-order valence-electron chi connectivity index (χ3n) is 3.14. The molecule has 1 rings (SSSR count). The minimum atomic E-state index is 0.263. The Hall–Kier alpha value is -0.800. The Labute approximate surface area is 98.6 Å². The number of hydrogen-bond acceptors (Lipinski definition) is 3. The predicted octanol–water partition coefficient (Wildman–Crippen LogP) is 2.42. The highest BCUT2D eigenvalue weighted by atomic mass is 16.3. The van der Waals surface area contributed by atoms with E-state index in [4.69, 9.17) is 10.2 Å². The number of nitrogens with two attached hydrogens (primary N) is 1. The zero-order valence-corrected chi connectivity index (χ0v) is 11.0. The summed E-state index contributed by atoms with van der Waals surface area (Å²) in [6.07, 6.45) is 0. The lowest BCUT2D eigenvalue weighted by Gasteiger charge is -2.32. The van der Waals surface area contributed by atoms with Crippen LogP contribution in [-0.2, 0) is 0 Å². The van der Waals surface area contributed by atoms with Gasteiger partial charge in [-0.05, 0) is 51.5 Å². The van der Waals surface area contributed by atoms with Gasteiger partial charge in [-0.3, -0.25) is 4.90 Å². The third-order valence-corrected chi connectivity index (χ3v) is 3.14. The summed E-state index contributed by atoms with van der Waals surface area (Å²) in [6, 6.07) is 4.34. The van der Waals surface area contributed by atoms with Crippen molar-refractivity contribution in [2.75, 3.05) is 20.6 Å². The highest BCUT2D eigenvalue weighted by molar-refractivity contribution is 5.11. The predicted molar refractivity (Wildman–Crippen MR) is 67.3 cm³/mol. The molecule has 0 spiro atoms. The molecular weight excluding hydrogens is 200 g/mol. The Kier molecular flexibility index (Phi) is 4.56. The van der Waals surface area contributed by atoms with Crippen LogP contribution >= 0.6 is 0 Å². The van der Waals surface area contributed by atoms with Gasteiger partial charge < -0.3 is 10.2 Å². The van der Waals surface area contributed by atoms with Gasteiger partial charge >= 0.3 is 0 Å². The van der Waals surface area contributed by atoms with Gasteiger partial charge in [0.05, 0.1) is 6.04 Å². The van der Waals surface area contributed by atoms with Gasteiger partial charge in [-0.2, -0.15) is 0 Å². The first-order valence-corrected chi connectivity index (χ1v) is 5.90. The molecule has 2 N–H and O–H groups in total. The summed E-state index contributed by atoms with van der Waals surface area (Å²) in [4.78, 5) is 2.19. The first kappa shape index (κ1) is 13.3. The normalized spacial score (nSPS) is 15.8. The molecule has 0 radical (unpaired) electrons. The van der Waals surface area contributed by atoms with E-state index in [9.17, 15) is 0 Å². The van der Waals surface area contributed by atoms with Gasteiger partial charge in [-0.25, -0.2) is 0 Å². The minimum Gasteiger partial charge on any atom is -0.465 e. The molecule has 16 heavy (non-hydrogen) atoms. The van der Waals surface area contributed by atoms with Crippen molar-refractivity contribution >= 4 is 0 Å². The molecule has 0 aliphatic carbocycles. The number of rotatable bonds is 5. The van der Waals surface area contributed by atoms with E-state index in [1.807, 2.05) is 13.0 Å². The zero-order valence-electron chi connectivity index (χ0n) is 11.0. The first-order valence-electron chi connectivity index (χ1n) is 5.90. The van der Waals surface area contributed by atoms with Crippen molar-refractivity contribution in [2.24, 2.45) is 17.6 Å². The van der Waals surface area contributed by atoms with Gasteiger partial charge in [0.15, 0.2) is 0 Å².